The number of rotatable bonds is 38. The molecule has 3 unspecified atom stereocenters. The molecule has 0 aromatic rings. The van der Waals surface area contributed by atoms with Gasteiger partial charge in [0, 0.05) is 72.9 Å². The van der Waals surface area contributed by atoms with Gasteiger partial charge < -0.3 is 40.0 Å². The molecule has 9 nitrogen and oxygen atoms in total. The summed E-state index contributed by atoms with van der Waals surface area (Å²) in [4.78, 5) is 14.4. The van der Waals surface area contributed by atoms with Gasteiger partial charge in [0.2, 0.25) is 0 Å². The topological polar surface area (TPSA) is 113 Å². The average molecular weight is 1030 g/mol. The SMILES string of the molecule is CCCCC/C=C\C/C=C\CCCCCCCO.CCCCCCCCOC(CCC(=O)OC1CC(NC)CC1O)OCCCCCCCC.CN(C)CCNC=S.[W]. The van der Waals surface area contributed by atoms with Crippen LogP contribution in [0.25, 0.3) is 0 Å². The van der Waals surface area contributed by atoms with Gasteiger partial charge >= 0.3 is 5.97 Å². The number of carbonyl (C=O) groups excluding carboxylic acids is 1. The number of ether oxygens (including phenoxy) is 3. The van der Waals surface area contributed by atoms with Gasteiger partial charge in [0.05, 0.1) is 18.0 Å². The number of esters is 1. The number of nitrogens with one attached hydrogen (secondary N) is 2. The molecule has 0 aromatic heterocycles. The van der Waals surface area contributed by atoms with Crippen molar-refractivity contribution in [1.29, 1.82) is 0 Å². The van der Waals surface area contributed by atoms with Crippen LogP contribution in [-0.2, 0) is 40.1 Å². The minimum Gasteiger partial charge on any atom is -0.460 e. The molecular weight excluding hydrogens is 930 g/mol. The molecule has 1 saturated carbocycles. The van der Waals surface area contributed by atoms with Crippen LogP contribution in [0.4, 0.5) is 0 Å². The molecule has 1 aliphatic carbocycles. The van der Waals surface area contributed by atoms with Crippen LogP contribution in [-0.4, -0.2) is 105 Å². The van der Waals surface area contributed by atoms with Crippen LogP contribution in [0.1, 0.15) is 194 Å². The molecule has 4 N–H and O–H groups in total. The quantitative estimate of drug-likeness (QED) is 0.0157. The van der Waals surface area contributed by atoms with Crippen molar-refractivity contribution >= 4 is 23.7 Å². The third kappa shape index (κ3) is 48.2. The number of aliphatic hydroxyl groups is 2. The van der Waals surface area contributed by atoms with Crippen LogP contribution < -0.4 is 10.6 Å². The van der Waals surface area contributed by atoms with Crippen LogP contribution in [0.5, 0.6) is 0 Å². The number of nitrogens with zero attached hydrogens (tertiary/aromatic N) is 1. The zero-order chi connectivity index (χ0) is 43.2. The van der Waals surface area contributed by atoms with Crippen molar-refractivity contribution in [2.24, 2.45) is 0 Å². The first-order valence-corrected chi connectivity index (χ1v) is 24.3. The molecule has 0 spiro atoms. The summed E-state index contributed by atoms with van der Waals surface area (Å²) in [5, 5.41) is 24.8. The molecule has 1 aliphatic rings. The fourth-order valence-corrected chi connectivity index (χ4v) is 6.60. The molecular formula is C48H95N3O6SW. The second kappa shape index (κ2) is 51.6. The largest absolute Gasteiger partial charge is 0.460 e. The second-order valence-electron chi connectivity index (χ2n) is 16.1. The van der Waals surface area contributed by atoms with E-state index < -0.39 is 12.2 Å². The van der Waals surface area contributed by atoms with Crippen molar-refractivity contribution in [1.82, 2.24) is 15.5 Å². The molecule has 1 fully saturated rings. The molecule has 0 bridgehead atoms. The number of aliphatic hydroxyl groups excluding tert-OH is 2. The third-order valence-electron chi connectivity index (χ3n) is 10.2. The van der Waals surface area contributed by atoms with Gasteiger partial charge in [-0.1, -0.05) is 154 Å². The van der Waals surface area contributed by atoms with Crippen molar-refractivity contribution in [2.45, 2.75) is 219 Å². The van der Waals surface area contributed by atoms with E-state index >= 15 is 0 Å². The summed E-state index contributed by atoms with van der Waals surface area (Å²) in [6.07, 6.45) is 38.1. The van der Waals surface area contributed by atoms with Crippen molar-refractivity contribution in [3.05, 3.63) is 24.3 Å². The van der Waals surface area contributed by atoms with Crippen LogP contribution >= 0.6 is 12.2 Å². The smallest absolute Gasteiger partial charge is 0.306 e. The molecule has 59 heavy (non-hydrogen) atoms. The molecule has 1 rings (SSSR count). The Morgan fingerprint density at radius 3 is 1.73 bits per heavy atom. The Morgan fingerprint density at radius 2 is 1.24 bits per heavy atom. The Bertz CT molecular complexity index is 898. The van der Waals surface area contributed by atoms with Gasteiger partial charge in [-0.2, -0.15) is 0 Å². The van der Waals surface area contributed by atoms with E-state index in [1.54, 1.807) is 5.49 Å². The van der Waals surface area contributed by atoms with E-state index in [-0.39, 0.29) is 45.8 Å². The van der Waals surface area contributed by atoms with E-state index in [2.05, 4.69) is 72.8 Å². The van der Waals surface area contributed by atoms with Gasteiger partial charge in [-0.3, -0.25) is 4.79 Å². The van der Waals surface area contributed by atoms with E-state index in [4.69, 9.17) is 19.3 Å². The predicted molar refractivity (Wildman–Crippen MR) is 252 cm³/mol. The van der Waals surface area contributed by atoms with Crippen LogP contribution in [0.3, 0.4) is 0 Å². The van der Waals surface area contributed by atoms with Gasteiger partial charge in [0.1, 0.15) is 6.10 Å². The number of thiocarbonyl (C=S) groups is 1. The minimum absolute atomic E-state index is 0. The number of likely N-dealkylation sites (N-methyl/N-ethyl adjacent to an activating group) is 1. The monoisotopic (exact) mass is 1030 g/mol. The molecule has 0 heterocycles. The van der Waals surface area contributed by atoms with Gasteiger partial charge in [-0.05, 0) is 78.9 Å². The van der Waals surface area contributed by atoms with E-state index in [0.717, 1.165) is 38.8 Å². The summed E-state index contributed by atoms with van der Waals surface area (Å²) >= 11 is 4.55. The number of unbranched alkanes of at least 4 members (excludes halogenated alkanes) is 18. The van der Waals surface area contributed by atoms with Crippen molar-refractivity contribution < 1.29 is 50.3 Å². The summed E-state index contributed by atoms with van der Waals surface area (Å²) < 4.78 is 17.5. The molecule has 11 heteroatoms. The standard InChI is InChI=1S/C26H51NO5.C17H32O.C5H12N2S.W/c1-4-6-8-10-12-14-18-30-26(31-19-15-13-11-9-7-5-2)17-16-25(29)32-24-21-22(27-3)20-23(24)28;1-2-3-4-5-6-7-8-9-10-11-12-13-14-15-16-17-18;1-7(2)4-3-6-5-8;/h22-24,26-28H,4-21H2,1-3H3;6-7,9-10,18H,2-5,8,11-17H2,1H3;5H,3-4H2,1-2H3,(H,6,8);/b;7-6-,10-9-;;. The molecule has 0 radical (unpaired) electrons. The normalized spacial score (nSPS) is 16.2. The fraction of sp³-hybridized carbons (Fsp3) is 0.875. The fourth-order valence-electron chi connectivity index (χ4n) is 6.48. The maximum absolute atomic E-state index is 12.3. The summed E-state index contributed by atoms with van der Waals surface area (Å²) in [5.41, 5.74) is 1.55. The summed E-state index contributed by atoms with van der Waals surface area (Å²) in [6, 6.07) is 0.205. The zero-order valence-electron chi connectivity index (χ0n) is 39.1. The maximum Gasteiger partial charge on any atom is 0.306 e. The molecule has 0 saturated heterocycles. The number of allylic oxidation sites excluding steroid dienone is 4. The zero-order valence-corrected chi connectivity index (χ0v) is 42.9. The average Bonchev–Trinajstić information content (AvgIpc) is 3.57. The molecule has 3 atom stereocenters. The van der Waals surface area contributed by atoms with E-state index in [9.17, 15) is 9.90 Å². The molecule has 0 aliphatic heterocycles. The number of hydrogen-bond acceptors (Lipinski definition) is 9. The summed E-state index contributed by atoms with van der Waals surface area (Å²) in [6.45, 7) is 10.4. The second-order valence-corrected chi connectivity index (χ2v) is 16.4. The number of carbonyl (C=O) groups is 1. The van der Waals surface area contributed by atoms with Crippen molar-refractivity contribution in [3.63, 3.8) is 0 Å². The summed E-state index contributed by atoms with van der Waals surface area (Å²) in [5.74, 6) is -0.276. The van der Waals surface area contributed by atoms with E-state index in [1.807, 2.05) is 21.1 Å². The minimum atomic E-state index is -0.583. The van der Waals surface area contributed by atoms with Crippen molar-refractivity contribution in [2.75, 3.05) is 54.1 Å². The first-order valence-electron chi connectivity index (χ1n) is 23.8. The maximum atomic E-state index is 12.3. The summed E-state index contributed by atoms with van der Waals surface area (Å²) in [7, 11) is 5.94. The molecule has 350 valence electrons. The van der Waals surface area contributed by atoms with Gasteiger partial charge in [0.15, 0.2) is 6.29 Å². The molecule has 0 amide bonds. The Balaban J connectivity index is -0.000000973. The van der Waals surface area contributed by atoms with Crippen LogP contribution in [0.2, 0.25) is 0 Å². The van der Waals surface area contributed by atoms with Crippen molar-refractivity contribution in [3.8, 4) is 0 Å². The molecule has 0 aromatic carbocycles. The van der Waals surface area contributed by atoms with Crippen LogP contribution in [0, 0.1) is 0 Å². The van der Waals surface area contributed by atoms with E-state index in [0.29, 0.717) is 39.1 Å². The Labute approximate surface area is 384 Å². The number of hydrogen-bond donors (Lipinski definition) is 4. The van der Waals surface area contributed by atoms with Gasteiger partial charge in [-0.25, -0.2) is 0 Å². The van der Waals surface area contributed by atoms with Crippen LogP contribution in [0.15, 0.2) is 24.3 Å². The Kier molecular flexibility index (Phi) is 54.8. The van der Waals surface area contributed by atoms with Gasteiger partial charge in [-0.15, -0.1) is 0 Å². The van der Waals surface area contributed by atoms with E-state index in [1.165, 1.54) is 122 Å². The first kappa shape index (κ1) is 62.6. The Morgan fingerprint density at radius 1 is 0.746 bits per heavy atom. The Hall–Kier alpha value is -0.712. The third-order valence-corrected chi connectivity index (χ3v) is 10.4. The predicted octanol–water partition coefficient (Wildman–Crippen LogP) is 11.0. The van der Waals surface area contributed by atoms with Gasteiger partial charge in [0.25, 0.3) is 0 Å². The first-order chi connectivity index (χ1) is 28.3.